The van der Waals surface area contributed by atoms with Crippen molar-refractivity contribution in [2.75, 3.05) is 0 Å². The normalized spacial score (nSPS) is 13.6. The van der Waals surface area contributed by atoms with Gasteiger partial charge < -0.3 is 9.47 Å². The van der Waals surface area contributed by atoms with Crippen molar-refractivity contribution in [2.45, 2.75) is 105 Å². The van der Waals surface area contributed by atoms with Crippen LogP contribution in [0.4, 0.5) is 9.59 Å². The third-order valence-electron chi connectivity index (χ3n) is 4.86. The minimum atomic E-state index is -0.748. The Kier molecular flexibility index (Phi) is 10.9. The number of ether oxygens (including phenoxy) is 2. The number of Topliss-reactive ketones (excluding diaryl/α,β-unsaturated/α-hetero) is 1. The number of ketones is 1. The Bertz CT molecular complexity index is 765. The van der Waals surface area contributed by atoms with Crippen LogP contribution in [0, 0.1) is 5.92 Å². The van der Waals surface area contributed by atoms with Crippen molar-refractivity contribution in [2.24, 2.45) is 5.92 Å². The van der Waals surface area contributed by atoms with Gasteiger partial charge in [-0.2, -0.15) is 0 Å². The minimum absolute atomic E-state index is 0.0107. The molecule has 0 spiro atoms. The van der Waals surface area contributed by atoms with Gasteiger partial charge in [0, 0.05) is 12.0 Å². The van der Waals surface area contributed by atoms with Gasteiger partial charge in [0.2, 0.25) is 0 Å². The van der Waals surface area contributed by atoms with E-state index in [9.17, 15) is 14.4 Å². The molecule has 1 aromatic rings. The number of hydrogen-bond donors (Lipinski definition) is 1. The highest BCUT2D eigenvalue weighted by atomic mass is 16.6. The minimum Gasteiger partial charge on any atom is -0.443 e. The molecule has 7 nitrogen and oxygen atoms in total. The molecule has 0 heterocycles. The monoisotopic (exact) mass is 462 g/mol. The summed E-state index contributed by atoms with van der Waals surface area (Å²) < 4.78 is 11.0. The van der Waals surface area contributed by atoms with Crippen molar-refractivity contribution in [1.29, 1.82) is 0 Å². The van der Waals surface area contributed by atoms with Gasteiger partial charge in [-0.1, -0.05) is 57.0 Å². The molecule has 0 radical (unpaired) electrons. The fourth-order valence-electron chi connectivity index (χ4n) is 3.63. The van der Waals surface area contributed by atoms with Crippen LogP contribution in [0.5, 0.6) is 0 Å². The van der Waals surface area contributed by atoms with Crippen LogP contribution >= 0.6 is 0 Å². The number of carbonyl (C=O) groups is 3. The zero-order valence-corrected chi connectivity index (χ0v) is 21.6. The molecule has 0 fully saturated rings. The highest BCUT2D eigenvalue weighted by Gasteiger charge is 2.36. The van der Waals surface area contributed by atoms with Gasteiger partial charge in [-0.3, -0.25) is 4.79 Å². The molecule has 0 aliphatic carbocycles. The smallest absolute Gasteiger partial charge is 0.429 e. The quantitative estimate of drug-likeness (QED) is 0.333. The van der Waals surface area contributed by atoms with Crippen LogP contribution in [0.15, 0.2) is 30.3 Å². The maximum atomic E-state index is 13.2. The number of rotatable bonds is 9. The van der Waals surface area contributed by atoms with Crippen LogP contribution in [0.3, 0.4) is 0 Å². The van der Waals surface area contributed by atoms with E-state index < -0.39 is 29.4 Å². The lowest BCUT2D eigenvalue weighted by atomic mass is 9.85. The Labute approximate surface area is 199 Å². The first-order valence-corrected chi connectivity index (χ1v) is 11.9. The second kappa shape index (κ2) is 12.6. The van der Waals surface area contributed by atoms with Crippen LogP contribution in [-0.2, 0) is 9.47 Å². The number of hydrogen-bond acceptors (Lipinski definition) is 5. The van der Waals surface area contributed by atoms with Crippen molar-refractivity contribution in [3.63, 3.8) is 0 Å². The Balaban J connectivity index is 3.28. The molecule has 7 heteroatoms. The molecule has 0 bridgehead atoms. The van der Waals surface area contributed by atoms with E-state index in [4.69, 9.17) is 9.47 Å². The van der Waals surface area contributed by atoms with E-state index in [1.54, 1.807) is 53.7 Å². The van der Waals surface area contributed by atoms with Crippen molar-refractivity contribution in [3.8, 4) is 0 Å². The first kappa shape index (κ1) is 28.5. The number of amides is 2. The molecule has 33 heavy (non-hydrogen) atoms. The van der Waals surface area contributed by atoms with Gasteiger partial charge in [-0.25, -0.2) is 20.0 Å². The van der Waals surface area contributed by atoms with Gasteiger partial charge in [0.25, 0.3) is 0 Å². The van der Waals surface area contributed by atoms with Gasteiger partial charge in [-0.05, 0) is 60.3 Å². The summed E-state index contributed by atoms with van der Waals surface area (Å²) >= 11 is 0. The molecule has 0 aromatic heterocycles. The topological polar surface area (TPSA) is 84.9 Å². The van der Waals surface area contributed by atoms with E-state index in [2.05, 4.69) is 5.43 Å². The maximum absolute atomic E-state index is 13.2. The Morgan fingerprint density at radius 3 is 1.91 bits per heavy atom. The molecule has 0 aliphatic rings. The molecule has 0 saturated heterocycles. The summed E-state index contributed by atoms with van der Waals surface area (Å²) in [4.78, 5) is 38.8. The largest absolute Gasteiger partial charge is 0.443 e. The summed E-state index contributed by atoms with van der Waals surface area (Å²) in [5, 5.41) is 1.24. The van der Waals surface area contributed by atoms with Crippen LogP contribution in [0.1, 0.15) is 97.9 Å². The fourth-order valence-corrected chi connectivity index (χ4v) is 3.63. The second-order valence-corrected chi connectivity index (χ2v) is 10.4. The molecule has 2 amide bonds. The Morgan fingerprint density at radius 2 is 1.42 bits per heavy atom. The lowest BCUT2D eigenvalue weighted by Gasteiger charge is -2.37. The van der Waals surface area contributed by atoms with Crippen LogP contribution in [0.2, 0.25) is 0 Å². The molecule has 0 saturated carbocycles. The van der Waals surface area contributed by atoms with Crippen LogP contribution < -0.4 is 5.43 Å². The molecular weight excluding hydrogens is 420 g/mol. The van der Waals surface area contributed by atoms with E-state index in [1.807, 2.05) is 32.0 Å². The zero-order chi connectivity index (χ0) is 25.2. The van der Waals surface area contributed by atoms with E-state index in [-0.39, 0.29) is 18.1 Å². The summed E-state index contributed by atoms with van der Waals surface area (Å²) in [5.74, 6) is -0.151. The van der Waals surface area contributed by atoms with Crippen LogP contribution in [0.25, 0.3) is 0 Å². The summed E-state index contributed by atoms with van der Waals surface area (Å²) in [6.45, 7) is 14.6. The van der Waals surface area contributed by atoms with E-state index in [0.29, 0.717) is 12.0 Å². The standard InChI is InChI=1S/C26H42N2O5/c1-9-14-20(18-22(29)19-16-12-11-13-17-19)21(15-10-2)28(24(31)33-26(6,7)8)27-23(30)32-25(3,4)5/h11-13,16-17,20-21H,9-10,14-15,18H2,1-8H3,(H,27,30). The van der Waals surface area contributed by atoms with E-state index in [0.717, 1.165) is 19.3 Å². The molecular formula is C26H42N2O5. The Hall–Kier alpha value is -2.57. The van der Waals surface area contributed by atoms with Gasteiger partial charge in [0.15, 0.2) is 5.78 Å². The third-order valence-corrected chi connectivity index (χ3v) is 4.86. The highest BCUT2D eigenvalue weighted by Crippen LogP contribution is 2.27. The second-order valence-electron chi connectivity index (χ2n) is 10.4. The van der Waals surface area contributed by atoms with Gasteiger partial charge in [-0.15, -0.1) is 0 Å². The summed E-state index contributed by atoms with van der Waals surface area (Å²) in [6, 6.07) is 8.71. The maximum Gasteiger partial charge on any atom is 0.429 e. The van der Waals surface area contributed by atoms with Crippen molar-refractivity contribution >= 4 is 18.0 Å². The summed E-state index contributed by atoms with van der Waals surface area (Å²) in [6.07, 6.45) is 1.78. The molecule has 2 unspecified atom stereocenters. The highest BCUT2D eigenvalue weighted by molar-refractivity contribution is 5.96. The van der Waals surface area contributed by atoms with Crippen LogP contribution in [-0.4, -0.2) is 40.2 Å². The fraction of sp³-hybridized carbons (Fsp3) is 0.654. The predicted octanol–water partition coefficient (Wildman–Crippen LogP) is 6.52. The van der Waals surface area contributed by atoms with Crippen molar-refractivity contribution in [1.82, 2.24) is 10.4 Å². The van der Waals surface area contributed by atoms with Crippen molar-refractivity contribution < 1.29 is 23.9 Å². The molecule has 1 N–H and O–H groups in total. The number of nitrogens with zero attached hydrogens (tertiary/aromatic N) is 1. The average molecular weight is 463 g/mol. The number of hydrazine groups is 1. The van der Waals surface area contributed by atoms with Gasteiger partial charge in [0.1, 0.15) is 11.2 Å². The lowest BCUT2D eigenvalue weighted by molar-refractivity contribution is -0.0193. The molecule has 186 valence electrons. The number of benzene rings is 1. The third kappa shape index (κ3) is 10.7. The lowest BCUT2D eigenvalue weighted by Crippen LogP contribution is -2.56. The molecule has 0 aliphatic heterocycles. The first-order chi connectivity index (χ1) is 15.3. The number of nitrogens with one attached hydrogen (secondary N) is 1. The molecule has 1 aromatic carbocycles. The Morgan fingerprint density at radius 1 is 0.879 bits per heavy atom. The predicted molar refractivity (Wildman–Crippen MR) is 130 cm³/mol. The average Bonchev–Trinajstić information content (AvgIpc) is 2.68. The summed E-state index contributed by atoms with van der Waals surface area (Å²) in [5.41, 5.74) is 1.78. The zero-order valence-electron chi connectivity index (χ0n) is 21.6. The van der Waals surface area contributed by atoms with E-state index in [1.165, 1.54) is 5.01 Å². The summed E-state index contributed by atoms with van der Waals surface area (Å²) in [7, 11) is 0. The first-order valence-electron chi connectivity index (χ1n) is 11.9. The van der Waals surface area contributed by atoms with E-state index >= 15 is 0 Å². The SMILES string of the molecule is CCCC(CC(=O)c1ccccc1)C(CCC)N(NC(=O)OC(C)(C)C)C(=O)OC(C)(C)C. The van der Waals surface area contributed by atoms with Crippen molar-refractivity contribution in [3.05, 3.63) is 35.9 Å². The molecule has 2 atom stereocenters. The van der Waals surface area contributed by atoms with Gasteiger partial charge in [0.05, 0.1) is 6.04 Å². The molecule has 1 rings (SSSR count). The van der Waals surface area contributed by atoms with Gasteiger partial charge >= 0.3 is 12.2 Å². The number of carbonyl (C=O) groups excluding carboxylic acids is 3.